The van der Waals surface area contributed by atoms with Crippen LogP contribution in [0.2, 0.25) is 0 Å². The van der Waals surface area contributed by atoms with Gasteiger partial charge in [-0.15, -0.1) is 0 Å². The molecule has 1 aliphatic rings. The quantitative estimate of drug-likeness (QED) is 0.917. The molecule has 3 nitrogen and oxygen atoms in total. The van der Waals surface area contributed by atoms with E-state index in [1.165, 1.54) is 12.1 Å². The monoisotopic (exact) mass is 295 g/mol. The Morgan fingerprint density at radius 2 is 2.14 bits per heavy atom. The fourth-order valence-corrected chi connectivity index (χ4v) is 2.75. The number of imidazole rings is 1. The van der Waals surface area contributed by atoms with Crippen LogP contribution in [-0.2, 0) is 6.18 Å². The largest absolute Gasteiger partial charge is 0.416 e. The average Bonchev–Trinajstić information content (AvgIpc) is 3.08. The van der Waals surface area contributed by atoms with Gasteiger partial charge < -0.3 is 9.88 Å². The number of nitrogens with zero attached hydrogens (tertiary/aromatic N) is 2. The molecule has 0 spiro atoms. The number of halogens is 3. The van der Waals surface area contributed by atoms with E-state index in [1.54, 1.807) is 24.0 Å². The summed E-state index contributed by atoms with van der Waals surface area (Å²) >= 11 is 0. The minimum Gasteiger partial charge on any atom is -0.309 e. The lowest BCUT2D eigenvalue weighted by Gasteiger charge is -2.17. The van der Waals surface area contributed by atoms with Crippen LogP contribution in [0.5, 0.6) is 0 Å². The molecule has 1 saturated heterocycles. The molecule has 1 unspecified atom stereocenters. The van der Waals surface area contributed by atoms with E-state index in [0.717, 1.165) is 36.7 Å². The summed E-state index contributed by atoms with van der Waals surface area (Å²) in [6.07, 6.45) is 1.01. The molecular formula is C15H16F3N3. The summed E-state index contributed by atoms with van der Waals surface area (Å²) in [6, 6.07) is 3.96. The van der Waals surface area contributed by atoms with Gasteiger partial charge in [-0.2, -0.15) is 13.2 Å². The zero-order valence-electron chi connectivity index (χ0n) is 11.6. The summed E-state index contributed by atoms with van der Waals surface area (Å²) in [5, 5.41) is 3.35. The number of hydrogen-bond acceptors (Lipinski definition) is 2. The predicted molar refractivity (Wildman–Crippen MR) is 73.3 cm³/mol. The zero-order valence-corrected chi connectivity index (χ0v) is 11.6. The molecule has 1 atom stereocenters. The molecule has 1 aliphatic heterocycles. The molecule has 1 N–H and O–H groups in total. The first-order valence-electron chi connectivity index (χ1n) is 6.90. The first-order chi connectivity index (χ1) is 9.97. The molecular weight excluding hydrogens is 279 g/mol. The van der Waals surface area contributed by atoms with E-state index < -0.39 is 11.7 Å². The molecule has 0 bridgehead atoms. The van der Waals surface area contributed by atoms with Gasteiger partial charge in [0.2, 0.25) is 0 Å². The van der Waals surface area contributed by atoms with E-state index in [0.29, 0.717) is 5.69 Å². The highest BCUT2D eigenvalue weighted by Gasteiger charge is 2.31. The first kappa shape index (κ1) is 14.1. The summed E-state index contributed by atoms with van der Waals surface area (Å²) < 4.78 is 40.5. The fourth-order valence-electron chi connectivity index (χ4n) is 2.75. The van der Waals surface area contributed by atoms with Crippen molar-refractivity contribution < 1.29 is 13.2 Å². The summed E-state index contributed by atoms with van der Waals surface area (Å²) in [7, 11) is 0. The second-order valence-electron chi connectivity index (χ2n) is 5.34. The van der Waals surface area contributed by atoms with Gasteiger partial charge in [-0.25, -0.2) is 4.98 Å². The third kappa shape index (κ3) is 2.68. The highest BCUT2D eigenvalue weighted by atomic mass is 19.4. The molecule has 1 fully saturated rings. The van der Waals surface area contributed by atoms with Crippen molar-refractivity contribution in [1.29, 1.82) is 0 Å². The fraction of sp³-hybridized carbons (Fsp3) is 0.400. The minimum absolute atomic E-state index is 0.154. The van der Waals surface area contributed by atoms with E-state index in [2.05, 4.69) is 10.3 Å². The normalized spacial score (nSPS) is 19.1. The van der Waals surface area contributed by atoms with Crippen molar-refractivity contribution in [2.75, 3.05) is 6.54 Å². The van der Waals surface area contributed by atoms with Crippen LogP contribution < -0.4 is 5.32 Å². The number of nitrogens with one attached hydrogen (secondary N) is 1. The topological polar surface area (TPSA) is 29.9 Å². The predicted octanol–water partition coefficient (Wildman–Crippen LogP) is 3.62. The Labute approximate surface area is 120 Å². The Hall–Kier alpha value is -1.82. The molecule has 1 aromatic heterocycles. The van der Waals surface area contributed by atoms with Crippen molar-refractivity contribution in [1.82, 2.24) is 14.9 Å². The van der Waals surface area contributed by atoms with Crippen molar-refractivity contribution in [3.63, 3.8) is 0 Å². The maximum Gasteiger partial charge on any atom is 0.416 e. The zero-order chi connectivity index (χ0) is 15.0. The van der Waals surface area contributed by atoms with Gasteiger partial charge in [0.1, 0.15) is 0 Å². The standard InChI is InChI=1S/C15H16F3N3/c1-10-4-5-11(15(16,17)18)7-13(10)21-9-19-8-14(21)12-3-2-6-20-12/h4-5,7-9,12,20H,2-3,6H2,1H3. The summed E-state index contributed by atoms with van der Waals surface area (Å²) in [6.45, 7) is 2.73. The Kier molecular flexibility index (Phi) is 3.49. The molecule has 0 saturated carbocycles. The number of aryl methyl sites for hydroxylation is 1. The van der Waals surface area contributed by atoms with Crippen molar-refractivity contribution in [2.45, 2.75) is 32.0 Å². The maximum absolute atomic E-state index is 12.9. The molecule has 6 heteroatoms. The lowest BCUT2D eigenvalue weighted by atomic mass is 10.1. The lowest BCUT2D eigenvalue weighted by Crippen LogP contribution is -2.17. The van der Waals surface area contributed by atoms with Gasteiger partial charge >= 0.3 is 6.18 Å². The van der Waals surface area contributed by atoms with Gasteiger partial charge in [-0.1, -0.05) is 6.07 Å². The average molecular weight is 295 g/mol. The molecule has 0 radical (unpaired) electrons. The van der Waals surface area contributed by atoms with Gasteiger partial charge in [0.05, 0.1) is 29.5 Å². The Morgan fingerprint density at radius 3 is 2.81 bits per heavy atom. The first-order valence-corrected chi connectivity index (χ1v) is 6.90. The second-order valence-corrected chi connectivity index (χ2v) is 5.34. The molecule has 2 heterocycles. The van der Waals surface area contributed by atoms with Crippen molar-refractivity contribution in [3.8, 4) is 5.69 Å². The highest BCUT2D eigenvalue weighted by Crippen LogP contribution is 2.33. The smallest absolute Gasteiger partial charge is 0.309 e. The molecule has 112 valence electrons. The van der Waals surface area contributed by atoms with Gasteiger partial charge in [0, 0.05) is 6.04 Å². The Balaban J connectivity index is 2.06. The van der Waals surface area contributed by atoms with Gasteiger partial charge in [-0.05, 0) is 44.0 Å². The number of rotatable bonds is 2. The van der Waals surface area contributed by atoms with Crippen molar-refractivity contribution in [3.05, 3.63) is 47.5 Å². The van der Waals surface area contributed by atoms with Crippen LogP contribution in [0.1, 0.15) is 35.7 Å². The molecule has 2 aromatic rings. The number of aromatic nitrogens is 2. The SMILES string of the molecule is Cc1ccc(C(F)(F)F)cc1-n1cncc1C1CCCN1. The van der Waals surface area contributed by atoms with E-state index in [-0.39, 0.29) is 6.04 Å². The summed E-state index contributed by atoms with van der Waals surface area (Å²) in [4.78, 5) is 4.12. The van der Waals surface area contributed by atoms with Gasteiger partial charge in [0.25, 0.3) is 0 Å². The van der Waals surface area contributed by atoms with Gasteiger partial charge in [0.15, 0.2) is 0 Å². The lowest BCUT2D eigenvalue weighted by molar-refractivity contribution is -0.137. The van der Waals surface area contributed by atoms with Crippen molar-refractivity contribution >= 4 is 0 Å². The third-order valence-corrected chi connectivity index (χ3v) is 3.88. The molecule has 1 aromatic carbocycles. The van der Waals surface area contributed by atoms with Crippen LogP contribution in [0.4, 0.5) is 13.2 Å². The van der Waals surface area contributed by atoms with Crippen LogP contribution in [0.25, 0.3) is 5.69 Å². The van der Waals surface area contributed by atoms with E-state index in [1.807, 2.05) is 0 Å². The van der Waals surface area contributed by atoms with Crippen LogP contribution in [0.3, 0.4) is 0 Å². The maximum atomic E-state index is 12.9. The summed E-state index contributed by atoms with van der Waals surface area (Å²) in [5.74, 6) is 0. The van der Waals surface area contributed by atoms with Gasteiger partial charge in [-0.3, -0.25) is 0 Å². The number of hydrogen-bond donors (Lipinski definition) is 1. The van der Waals surface area contributed by atoms with E-state index >= 15 is 0 Å². The van der Waals surface area contributed by atoms with Crippen molar-refractivity contribution in [2.24, 2.45) is 0 Å². The van der Waals surface area contributed by atoms with Crippen LogP contribution >= 0.6 is 0 Å². The van der Waals surface area contributed by atoms with E-state index in [9.17, 15) is 13.2 Å². The molecule has 21 heavy (non-hydrogen) atoms. The molecule has 0 aliphatic carbocycles. The Morgan fingerprint density at radius 1 is 1.33 bits per heavy atom. The van der Waals surface area contributed by atoms with E-state index in [4.69, 9.17) is 0 Å². The number of benzene rings is 1. The van der Waals surface area contributed by atoms with Crippen LogP contribution in [0.15, 0.2) is 30.7 Å². The number of alkyl halides is 3. The second kappa shape index (κ2) is 5.18. The molecule has 3 rings (SSSR count). The third-order valence-electron chi connectivity index (χ3n) is 3.88. The summed E-state index contributed by atoms with van der Waals surface area (Å²) in [5.41, 5.74) is 1.60. The minimum atomic E-state index is -4.34. The van der Waals surface area contributed by atoms with Crippen LogP contribution in [0, 0.1) is 6.92 Å². The molecule has 0 amide bonds. The highest BCUT2D eigenvalue weighted by molar-refractivity contribution is 5.45. The Bertz CT molecular complexity index is 640. The van der Waals surface area contributed by atoms with Crippen LogP contribution in [-0.4, -0.2) is 16.1 Å².